The van der Waals surface area contributed by atoms with Gasteiger partial charge in [0, 0.05) is 33.6 Å². The van der Waals surface area contributed by atoms with Gasteiger partial charge in [-0.05, 0) is 24.1 Å². The molecule has 0 spiro atoms. The Balaban J connectivity index is 2.11. The molecule has 0 unspecified atom stereocenters. The minimum atomic E-state index is -0.110. The molecule has 0 bridgehead atoms. The molecular weight excluding hydrogens is 292 g/mol. The zero-order valence-corrected chi connectivity index (χ0v) is 14.4. The van der Waals surface area contributed by atoms with Crippen molar-refractivity contribution in [3.05, 3.63) is 34.7 Å². The quantitative estimate of drug-likeness (QED) is 0.869. The smallest absolute Gasteiger partial charge is 0.328 e. The lowest BCUT2D eigenvalue weighted by atomic mass is 9.93. The molecule has 6 nitrogen and oxygen atoms in total. The van der Waals surface area contributed by atoms with Crippen molar-refractivity contribution >= 4 is 16.9 Å². The van der Waals surface area contributed by atoms with E-state index in [2.05, 4.69) is 0 Å². The largest absolute Gasteiger partial charge is 0.345 e. The van der Waals surface area contributed by atoms with E-state index in [0.717, 1.165) is 11.0 Å². The number of fused-ring (bicyclic) bond motifs is 1. The Morgan fingerprint density at radius 2 is 1.87 bits per heavy atom. The van der Waals surface area contributed by atoms with Crippen molar-refractivity contribution < 1.29 is 4.79 Å². The maximum Gasteiger partial charge on any atom is 0.328 e. The molecule has 0 saturated carbocycles. The molecule has 1 heterocycles. The molecule has 6 heteroatoms. The van der Waals surface area contributed by atoms with Gasteiger partial charge in [0.1, 0.15) is 0 Å². The van der Waals surface area contributed by atoms with Crippen molar-refractivity contribution in [3.63, 3.8) is 0 Å². The van der Waals surface area contributed by atoms with E-state index >= 15 is 0 Å². The summed E-state index contributed by atoms with van der Waals surface area (Å²) in [7, 11) is 3.53. The van der Waals surface area contributed by atoms with E-state index in [1.54, 1.807) is 28.1 Å². The lowest BCUT2D eigenvalue weighted by molar-refractivity contribution is -0.131. The molecule has 126 valence electrons. The van der Waals surface area contributed by atoms with Gasteiger partial charge in [0.05, 0.1) is 11.0 Å². The van der Waals surface area contributed by atoms with E-state index in [1.807, 2.05) is 38.1 Å². The Labute approximate surface area is 136 Å². The lowest BCUT2D eigenvalue weighted by Gasteiger charge is -2.29. The predicted molar refractivity (Wildman–Crippen MR) is 92.3 cm³/mol. The molecule has 0 aliphatic rings. The van der Waals surface area contributed by atoms with Crippen molar-refractivity contribution in [3.8, 4) is 0 Å². The highest BCUT2D eigenvalue weighted by Gasteiger charge is 2.21. The van der Waals surface area contributed by atoms with E-state index in [-0.39, 0.29) is 17.0 Å². The maximum atomic E-state index is 12.3. The van der Waals surface area contributed by atoms with E-state index in [4.69, 9.17) is 5.73 Å². The van der Waals surface area contributed by atoms with Crippen LogP contribution in [0.15, 0.2) is 29.1 Å². The summed E-state index contributed by atoms with van der Waals surface area (Å²) < 4.78 is 3.27. The fourth-order valence-electron chi connectivity index (χ4n) is 2.77. The number of carbonyl (C=O) groups is 1. The van der Waals surface area contributed by atoms with Crippen LogP contribution in [-0.2, 0) is 18.4 Å². The Kier molecular flexibility index (Phi) is 4.94. The molecule has 0 radical (unpaired) electrons. The standard InChI is InChI=1S/C17H26N4O2/c1-17(2,11-18)12-19(3)15(22)9-10-21-14-8-6-5-7-13(14)20(4)16(21)23/h5-8H,9-12,18H2,1-4H3. The summed E-state index contributed by atoms with van der Waals surface area (Å²) in [5, 5.41) is 0. The van der Waals surface area contributed by atoms with E-state index in [9.17, 15) is 9.59 Å². The van der Waals surface area contributed by atoms with Crippen LogP contribution in [0.3, 0.4) is 0 Å². The molecule has 0 atom stereocenters. The van der Waals surface area contributed by atoms with Gasteiger partial charge in [0.15, 0.2) is 0 Å². The zero-order valence-electron chi connectivity index (χ0n) is 14.4. The molecule has 1 aromatic heterocycles. The Bertz CT molecular complexity index is 758. The Hall–Kier alpha value is -2.08. The van der Waals surface area contributed by atoms with Gasteiger partial charge in [-0.1, -0.05) is 26.0 Å². The third kappa shape index (κ3) is 3.64. The van der Waals surface area contributed by atoms with Crippen molar-refractivity contribution in [2.24, 2.45) is 18.2 Å². The highest BCUT2D eigenvalue weighted by molar-refractivity contribution is 5.77. The van der Waals surface area contributed by atoms with Crippen LogP contribution in [0, 0.1) is 5.41 Å². The van der Waals surface area contributed by atoms with Crippen molar-refractivity contribution in [1.82, 2.24) is 14.0 Å². The SMILES string of the molecule is CN(CC(C)(C)CN)C(=O)CCn1c(=O)n(C)c2ccccc21. The summed E-state index contributed by atoms with van der Waals surface area (Å²) in [6.07, 6.45) is 0.297. The van der Waals surface area contributed by atoms with Crippen LogP contribution in [0.4, 0.5) is 0 Å². The second kappa shape index (κ2) is 6.58. The first kappa shape index (κ1) is 17.3. The molecular formula is C17H26N4O2. The fourth-order valence-corrected chi connectivity index (χ4v) is 2.77. The van der Waals surface area contributed by atoms with Crippen molar-refractivity contribution in [1.29, 1.82) is 0 Å². The summed E-state index contributed by atoms with van der Waals surface area (Å²) >= 11 is 0. The highest BCUT2D eigenvalue weighted by Crippen LogP contribution is 2.15. The molecule has 0 aliphatic heterocycles. The maximum absolute atomic E-state index is 12.3. The number of hydrogen-bond donors (Lipinski definition) is 1. The highest BCUT2D eigenvalue weighted by atomic mass is 16.2. The predicted octanol–water partition coefficient (Wildman–Crippen LogP) is 1.17. The van der Waals surface area contributed by atoms with E-state index in [0.29, 0.717) is 26.1 Å². The van der Waals surface area contributed by atoms with E-state index in [1.165, 1.54) is 0 Å². The molecule has 2 N–H and O–H groups in total. The number of carbonyl (C=O) groups excluding carboxylic acids is 1. The number of nitrogens with zero attached hydrogens (tertiary/aromatic N) is 3. The minimum absolute atomic E-state index is 0.0198. The average Bonchev–Trinajstić information content (AvgIpc) is 2.76. The van der Waals surface area contributed by atoms with Crippen LogP contribution in [0.5, 0.6) is 0 Å². The summed E-state index contributed by atoms with van der Waals surface area (Å²) in [6, 6.07) is 7.61. The van der Waals surface area contributed by atoms with Crippen molar-refractivity contribution in [2.75, 3.05) is 20.1 Å². The van der Waals surface area contributed by atoms with Gasteiger partial charge in [-0.3, -0.25) is 13.9 Å². The number of aromatic nitrogens is 2. The summed E-state index contributed by atoms with van der Waals surface area (Å²) in [4.78, 5) is 26.4. The topological polar surface area (TPSA) is 73.3 Å². The number of hydrogen-bond acceptors (Lipinski definition) is 3. The second-order valence-electron chi connectivity index (χ2n) is 6.85. The van der Waals surface area contributed by atoms with Gasteiger partial charge >= 0.3 is 5.69 Å². The van der Waals surface area contributed by atoms with Gasteiger partial charge in [0.2, 0.25) is 5.91 Å². The van der Waals surface area contributed by atoms with Crippen LogP contribution in [0.1, 0.15) is 20.3 Å². The number of para-hydroxylation sites is 2. The van der Waals surface area contributed by atoms with Crippen LogP contribution in [-0.4, -0.2) is 40.1 Å². The minimum Gasteiger partial charge on any atom is -0.345 e. The Morgan fingerprint density at radius 3 is 2.48 bits per heavy atom. The van der Waals surface area contributed by atoms with Crippen LogP contribution >= 0.6 is 0 Å². The van der Waals surface area contributed by atoms with Crippen molar-refractivity contribution in [2.45, 2.75) is 26.8 Å². The number of aryl methyl sites for hydroxylation is 2. The first-order chi connectivity index (χ1) is 10.8. The Morgan fingerprint density at radius 1 is 1.26 bits per heavy atom. The third-order valence-corrected chi connectivity index (χ3v) is 4.24. The number of imidazole rings is 1. The molecule has 2 rings (SSSR count). The lowest BCUT2D eigenvalue weighted by Crippen LogP contribution is -2.40. The van der Waals surface area contributed by atoms with Crippen LogP contribution in [0.2, 0.25) is 0 Å². The molecule has 2 aromatic rings. The van der Waals surface area contributed by atoms with Gasteiger partial charge in [-0.25, -0.2) is 4.79 Å². The van der Waals surface area contributed by atoms with Gasteiger partial charge in [0.25, 0.3) is 0 Å². The number of benzene rings is 1. The summed E-state index contributed by atoms with van der Waals surface area (Å²) in [5.74, 6) is 0.0198. The molecule has 0 saturated heterocycles. The van der Waals surface area contributed by atoms with E-state index < -0.39 is 0 Å². The summed E-state index contributed by atoms with van der Waals surface area (Å²) in [5.41, 5.74) is 7.25. The molecule has 1 aromatic carbocycles. The molecule has 1 amide bonds. The number of nitrogens with two attached hydrogens (primary N) is 1. The number of amides is 1. The van der Waals surface area contributed by atoms with Crippen LogP contribution in [0.25, 0.3) is 11.0 Å². The normalized spacial score (nSPS) is 11.9. The van der Waals surface area contributed by atoms with Gasteiger partial charge in [-0.2, -0.15) is 0 Å². The number of rotatable bonds is 6. The molecule has 0 aliphatic carbocycles. The first-order valence-corrected chi connectivity index (χ1v) is 7.85. The summed E-state index contributed by atoms with van der Waals surface area (Å²) in [6.45, 7) is 5.57. The molecule has 23 heavy (non-hydrogen) atoms. The molecule has 0 fully saturated rings. The second-order valence-corrected chi connectivity index (χ2v) is 6.85. The van der Waals surface area contributed by atoms with Crippen LogP contribution < -0.4 is 11.4 Å². The first-order valence-electron chi connectivity index (χ1n) is 7.85. The monoisotopic (exact) mass is 318 g/mol. The zero-order chi connectivity index (χ0) is 17.2. The fraction of sp³-hybridized carbons (Fsp3) is 0.529. The average molecular weight is 318 g/mol. The van der Waals surface area contributed by atoms with Gasteiger partial charge in [-0.15, -0.1) is 0 Å². The third-order valence-electron chi connectivity index (χ3n) is 4.24. The van der Waals surface area contributed by atoms with Gasteiger partial charge < -0.3 is 10.6 Å².